The van der Waals surface area contributed by atoms with Crippen molar-refractivity contribution in [1.29, 1.82) is 0 Å². The van der Waals surface area contributed by atoms with E-state index in [-0.39, 0.29) is 29.5 Å². The Balaban J connectivity index is 2.32. The minimum absolute atomic E-state index is 0.0190. The van der Waals surface area contributed by atoms with Crippen molar-refractivity contribution < 1.29 is 16.8 Å². The molecule has 20 heavy (non-hydrogen) atoms. The Morgan fingerprint density at radius 3 is 2.40 bits per heavy atom. The van der Waals surface area contributed by atoms with E-state index >= 15 is 0 Å². The minimum Gasteiger partial charge on any atom is -0.384 e. The maximum atomic E-state index is 12.6. The second kappa shape index (κ2) is 5.71. The molecule has 0 saturated carbocycles. The summed E-state index contributed by atoms with van der Waals surface area (Å²) < 4.78 is 49.2. The highest BCUT2D eigenvalue weighted by atomic mass is 32.2. The lowest BCUT2D eigenvalue weighted by Crippen LogP contribution is -2.43. The van der Waals surface area contributed by atoms with Crippen LogP contribution in [0.25, 0.3) is 0 Å². The molecule has 6 nitrogen and oxygen atoms in total. The summed E-state index contributed by atoms with van der Waals surface area (Å²) in [6, 6.07) is 6.67. The van der Waals surface area contributed by atoms with Crippen LogP contribution in [-0.4, -0.2) is 52.3 Å². The molecule has 0 atom stereocenters. The van der Waals surface area contributed by atoms with E-state index in [0.717, 1.165) is 0 Å². The van der Waals surface area contributed by atoms with E-state index in [4.69, 9.17) is 0 Å². The number of anilines is 1. The Morgan fingerprint density at radius 1 is 1.20 bits per heavy atom. The zero-order valence-electron chi connectivity index (χ0n) is 11.2. The van der Waals surface area contributed by atoms with Crippen LogP contribution in [-0.2, 0) is 19.9 Å². The fourth-order valence-corrected chi connectivity index (χ4v) is 5.15. The van der Waals surface area contributed by atoms with E-state index in [9.17, 15) is 16.8 Å². The fraction of sp³-hybridized carbons (Fsp3) is 0.500. The van der Waals surface area contributed by atoms with E-state index in [1.807, 2.05) is 6.92 Å². The van der Waals surface area contributed by atoms with Crippen LogP contribution in [0.2, 0.25) is 0 Å². The van der Waals surface area contributed by atoms with Gasteiger partial charge >= 0.3 is 0 Å². The molecule has 0 bridgehead atoms. The zero-order chi connectivity index (χ0) is 14.8. The molecule has 1 N–H and O–H groups in total. The molecule has 0 unspecified atom stereocenters. The fourth-order valence-electron chi connectivity index (χ4n) is 2.10. The second-order valence-electron chi connectivity index (χ2n) is 4.58. The molecule has 0 radical (unpaired) electrons. The Labute approximate surface area is 119 Å². The van der Waals surface area contributed by atoms with Gasteiger partial charge in [0, 0.05) is 19.6 Å². The number of rotatable bonds is 4. The average Bonchev–Trinajstić information content (AvgIpc) is 2.39. The highest BCUT2D eigenvalue weighted by molar-refractivity contribution is 7.92. The Bertz CT molecular complexity index is 669. The highest BCUT2D eigenvalue weighted by Gasteiger charge is 2.32. The van der Waals surface area contributed by atoms with Gasteiger partial charge < -0.3 is 5.32 Å². The number of sulfone groups is 1. The minimum atomic E-state index is -3.66. The van der Waals surface area contributed by atoms with Crippen molar-refractivity contribution in [3.05, 3.63) is 24.3 Å². The molecule has 1 heterocycles. The molecule has 0 aromatic heterocycles. The summed E-state index contributed by atoms with van der Waals surface area (Å²) >= 11 is 0. The second-order valence-corrected chi connectivity index (χ2v) is 8.79. The van der Waals surface area contributed by atoms with Crippen molar-refractivity contribution in [2.45, 2.75) is 11.8 Å². The van der Waals surface area contributed by atoms with Gasteiger partial charge in [-0.3, -0.25) is 0 Å². The van der Waals surface area contributed by atoms with E-state index in [2.05, 4.69) is 5.32 Å². The van der Waals surface area contributed by atoms with Crippen LogP contribution >= 0.6 is 0 Å². The van der Waals surface area contributed by atoms with Crippen molar-refractivity contribution in [3.63, 3.8) is 0 Å². The van der Waals surface area contributed by atoms with Gasteiger partial charge in [-0.15, -0.1) is 0 Å². The molecule has 1 aliphatic heterocycles. The van der Waals surface area contributed by atoms with Crippen LogP contribution in [0.15, 0.2) is 29.2 Å². The smallest absolute Gasteiger partial charge is 0.245 e. The SMILES string of the molecule is CCNc1ccccc1S(=O)(=O)N1CCS(=O)(=O)CC1. The lowest BCUT2D eigenvalue weighted by molar-refractivity contribution is 0.431. The van der Waals surface area contributed by atoms with Crippen molar-refractivity contribution in [2.24, 2.45) is 0 Å². The molecule has 112 valence electrons. The topological polar surface area (TPSA) is 83.6 Å². The summed E-state index contributed by atoms with van der Waals surface area (Å²) in [5, 5.41) is 3.01. The number of benzene rings is 1. The first-order chi connectivity index (χ1) is 9.37. The summed E-state index contributed by atoms with van der Waals surface area (Å²) in [5.41, 5.74) is 0.545. The molecular weight excluding hydrogens is 300 g/mol. The van der Waals surface area contributed by atoms with Crippen LogP contribution in [0.1, 0.15) is 6.92 Å². The van der Waals surface area contributed by atoms with Gasteiger partial charge in [-0.1, -0.05) is 12.1 Å². The third-order valence-corrected chi connectivity index (χ3v) is 6.74. The molecule has 0 amide bonds. The highest BCUT2D eigenvalue weighted by Crippen LogP contribution is 2.25. The number of nitrogens with zero attached hydrogens (tertiary/aromatic N) is 1. The number of sulfonamides is 1. The maximum absolute atomic E-state index is 12.6. The normalized spacial score (nSPS) is 19.6. The predicted octanol–water partition coefficient (Wildman–Crippen LogP) is 0.537. The predicted molar refractivity (Wildman–Crippen MR) is 78.0 cm³/mol. The molecule has 8 heteroatoms. The van der Waals surface area contributed by atoms with E-state index in [1.54, 1.807) is 18.2 Å². The molecule has 1 aromatic rings. The van der Waals surface area contributed by atoms with Crippen LogP contribution < -0.4 is 5.32 Å². The lowest BCUT2D eigenvalue weighted by Gasteiger charge is -2.26. The molecule has 0 spiro atoms. The van der Waals surface area contributed by atoms with Crippen LogP contribution in [0.4, 0.5) is 5.69 Å². The Hall–Kier alpha value is -1.12. The van der Waals surface area contributed by atoms with Crippen LogP contribution in [0, 0.1) is 0 Å². The van der Waals surface area contributed by atoms with Gasteiger partial charge in [0.25, 0.3) is 0 Å². The van der Waals surface area contributed by atoms with Gasteiger partial charge in [0.2, 0.25) is 10.0 Å². The maximum Gasteiger partial charge on any atom is 0.245 e. The third-order valence-electron chi connectivity index (χ3n) is 3.18. The van der Waals surface area contributed by atoms with E-state index in [0.29, 0.717) is 12.2 Å². The van der Waals surface area contributed by atoms with Gasteiger partial charge in [0.1, 0.15) is 4.90 Å². The van der Waals surface area contributed by atoms with Gasteiger partial charge in [-0.05, 0) is 19.1 Å². The Morgan fingerprint density at radius 2 is 1.80 bits per heavy atom. The quantitative estimate of drug-likeness (QED) is 0.876. The number of nitrogens with one attached hydrogen (secondary N) is 1. The average molecular weight is 318 g/mol. The molecule has 1 saturated heterocycles. The largest absolute Gasteiger partial charge is 0.384 e. The van der Waals surface area contributed by atoms with E-state index < -0.39 is 19.9 Å². The van der Waals surface area contributed by atoms with Gasteiger partial charge in [-0.25, -0.2) is 16.8 Å². The molecule has 0 aliphatic carbocycles. The first kappa shape index (κ1) is 15.3. The molecule has 1 aromatic carbocycles. The molecular formula is C12H18N2O4S2. The van der Waals surface area contributed by atoms with Crippen molar-refractivity contribution in [2.75, 3.05) is 36.5 Å². The number of hydrogen-bond acceptors (Lipinski definition) is 5. The molecule has 2 rings (SSSR count). The monoisotopic (exact) mass is 318 g/mol. The van der Waals surface area contributed by atoms with Gasteiger partial charge in [0.05, 0.1) is 17.2 Å². The van der Waals surface area contributed by atoms with Gasteiger partial charge in [0.15, 0.2) is 9.84 Å². The first-order valence-electron chi connectivity index (χ1n) is 6.40. The summed E-state index contributed by atoms with van der Waals surface area (Å²) in [6.45, 7) is 2.54. The summed E-state index contributed by atoms with van der Waals surface area (Å²) in [4.78, 5) is 0.196. The van der Waals surface area contributed by atoms with E-state index in [1.165, 1.54) is 10.4 Å². The lowest BCUT2D eigenvalue weighted by atomic mass is 10.3. The number of para-hydroxylation sites is 1. The summed E-state index contributed by atoms with van der Waals surface area (Å²) in [5.74, 6) is -0.231. The summed E-state index contributed by atoms with van der Waals surface area (Å²) in [6.07, 6.45) is 0. The Kier molecular flexibility index (Phi) is 4.36. The van der Waals surface area contributed by atoms with Crippen molar-refractivity contribution in [1.82, 2.24) is 4.31 Å². The van der Waals surface area contributed by atoms with Crippen molar-refractivity contribution in [3.8, 4) is 0 Å². The first-order valence-corrected chi connectivity index (χ1v) is 9.66. The zero-order valence-corrected chi connectivity index (χ0v) is 12.9. The number of hydrogen-bond donors (Lipinski definition) is 1. The third kappa shape index (κ3) is 3.13. The summed E-state index contributed by atoms with van der Waals surface area (Å²) in [7, 11) is -6.76. The standard InChI is InChI=1S/C12H18N2O4S2/c1-2-13-11-5-3-4-6-12(11)20(17,18)14-7-9-19(15,16)10-8-14/h3-6,13H,2,7-10H2,1H3. The van der Waals surface area contributed by atoms with Gasteiger partial charge in [-0.2, -0.15) is 4.31 Å². The molecule has 1 aliphatic rings. The van der Waals surface area contributed by atoms with Crippen molar-refractivity contribution >= 4 is 25.5 Å². The van der Waals surface area contributed by atoms with Crippen LogP contribution in [0.3, 0.4) is 0 Å². The molecule has 1 fully saturated rings. The van der Waals surface area contributed by atoms with Crippen LogP contribution in [0.5, 0.6) is 0 Å².